The molecule has 0 unspecified atom stereocenters. The minimum absolute atomic E-state index is 0. The van der Waals surface area contributed by atoms with Crippen LogP contribution in [0.3, 0.4) is 0 Å². The Hall–Kier alpha value is -1.63. The summed E-state index contributed by atoms with van der Waals surface area (Å²) in [4.78, 5) is 17.6. The molecule has 20 heavy (non-hydrogen) atoms. The molecule has 0 saturated carbocycles. The van der Waals surface area contributed by atoms with E-state index in [9.17, 15) is 4.79 Å². The Morgan fingerprint density at radius 2 is 1.65 bits per heavy atom. The van der Waals surface area contributed by atoms with Gasteiger partial charge >= 0.3 is 5.97 Å². The largest absolute Gasteiger partial charge is 0.478 e. The standard InChI is InChI=1S/C6H4ClNO2.C6H6ClNO.B/c7-5-3-4(6(9)10)1-2-8-5;7-6-3-5(4-9)1-2-8-6;/h1-3H,(H,9,10);1-3,9H,4H2;. The molecule has 3 radical (unpaired) electrons. The third kappa shape index (κ3) is 6.52. The number of aromatic carboxylic acids is 1. The van der Waals surface area contributed by atoms with Crippen molar-refractivity contribution in [1.29, 1.82) is 0 Å². The molecule has 0 atom stereocenters. The second-order valence-electron chi connectivity index (χ2n) is 3.32. The predicted octanol–water partition coefficient (Wildman–Crippen LogP) is 2.28. The topological polar surface area (TPSA) is 83.3 Å². The number of aliphatic hydroxyl groups excluding tert-OH is 1. The summed E-state index contributed by atoms with van der Waals surface area (Å²) >= 11 is 10.9. The first-order valence-corrected chi connectivity index (χ1v) is 5.84. The third-order valence-corrected chi connectivity index (χ3v) is 2.36. The molecule has 5 nitrogen and oxygen atoms in total. The maximum atomic E-state index is 10.3. The van der Waals surface area contributed by atoms with E-state index in [0.717, 1.165) is 5.56 Å². The highest BCUT2D eigenvalue weighted by Crippen LogP contribution is 2.06. The van der Waals surface area contributed by atoms with Crippen LogP contribution in [0.25, 0.3) is 0 Å². The van der Waals surface area contributed by atoms with Crippen LogP contribution in [0, 0.1) is 0 Å². The van der Waals surface area contributed by atoms with Crippen LogP contribution < -0.4 is 0 Å². The van der Waals surface area contributed by atoms with E-state index in [4.69, 9.17) is 33.4 Å². The summed E-state index contributed by atoms with van der Waals surface area (Å²) < 4.78 is 0. The first-order chi connectivity index (χ1) is 9.02. The van der Waals surface area contributed by atoms with Gasteiger partial charge < -0.3 is 10.2 Å². The number of hydrogen-bond donors (Lipinski definition) is 2. The van der Waals surface area contributed by atoms with Crippen molar-refractivity contribution in [2.24, 2.45) is 0 Å². The number of aliphatic hydroxyl groups is 1. The van der Waals surface area contributed by atoms with Crippen LogP contribution >= 0.6 is 23.2 Å². The number of carboxylic acids is 1. The average molecular weight is 312 g/mol. The van der Waals surface area contributed by atoms with Gasteiger partial charge in [-0.25, -0.2) is 14.8 Å². The maximum absolute atomic E-state index is 10.3. The summed E-state index contributed by atoms with van der Waals surface area (Å²) in [7, 11) is 0. The molecule has 103 valence electrons. The van der Waals surface area contributed by atoms with Gasteiger partial charge in [-0.3, -0.25) is 0 Å². The van der Waals surface area contributed by atoms with Gasteiger partial charge in [0.1, 0.15) is 10.3 Å². The van der Waals surface area contributed by atoms with E-state index in [0.29, 0.717) is 5.15 Å². The van der Waals surface area contributed by atoms with Gasteiger partial charge in [-0.1, -0.05) is 23.2 Å². The normalized spacial score (nSPS) is 8.95. The molecule has 0 aliphatic heterocycles. The van der Waals surface area contributed by atoms with E-state index in [1.165, 1.54) is 18.3 Å². The molecule has 2 aromatic heterocycles. The molecule has 2 aromatic rings. The lowest BCUT2D eigenvalue weighted by atomic mass is 10.3. The zero-order chi connectivity index (χ0) is 14.3. The molecule has 0 bridgehead atoms. The Kier molecular flexibility index (Phi) is 8.55. The van der Waals surface area contributed by atoms with Crippen molar-refractivity contribution in [1.82, 2.24) is 9.97 Å². The number of pyridine rings is 2. The second kappa shape index (κ2) is 9.31. The van der Waals surface area contributed by atoms with Crippen molar-refractivity contribution >= 4 is 37.6 Å². The van der Waals surface area contributed by atoms with Crippen molar-refractivity contribution < 1.29 is 15.0 Å². The van der Waals surface area contributed by atoms with Crippen molar-refractivity contribution in [3.05, 3.63) is 58.1 Å². The van der Waals surface area contributed by atoms with Gasteiger partial charge in [-0.05, 0) is 29.8 Å². The molecule has 0 aliphatic rings. The lowest BCUT2D eigenvalue weighted by molar-refractivity contribution is 0.0696. The Balaban J connectivity index is 0.000000345. The lowest BCUT2D eigenvalue weighted by Crippen LogP contribution is -1.95. The number of carbonyl (C=O) groups is 1. The highest BCUT2D eigenvalue weighted by Gasteiger charge is 2.01. The summed E-state index contributed by atoms with van der Waals surface area (Å²) in [5.74, 6) is -0.996. The summed E-state index contributed by atoms with van der Waals surface area (Å²) in [6.07, 6.45) is 2.92. The molecule has 0 aliphatic carbocycles. The van der Waals surface area contributed by atoms with Crippen LogP contribution in [0.2, 0.25) is 10.3 Å². The number of halogens is 2. The van der Waals surface area contributed by atoms with Crippen molar-refractivity contribution in [3.8, 4) is 0 Å². The van der Waals surface area contributed by atoms with Crippen LogP contribution in [-0.4, -0.2) is 34.6 Å². The van der Waals surface area contributed by atoms with Crippen LogP contribution in [0.15, 0.2) is 36.7 Å². The minimum atomic E-state index is -0.996. The predicted molar refractivity (Wildman–Crippen MR) is 77.1 cm³/mol. The maximum Gasteiger partial charge on any atom is 0.335 e. The van der Waals surface area contributed by atoms with Crippen LogP contribution in [0.1, 0.15) is 15.9 Å². The monoisotopic (exact) mass is 311 g/mol. The van der Waals surface area contributed by atoms with E-state index >= 15 is 0 Å². The van der Waals surface area contributed by atoms with E-state index in [1.807, 2.05) is 0 Å². The molecule has 0 saturated heterocycles. The first kappa shape index (κ1) is 18.4. The highest BCUT2D eigenvalue weighted by molar-refractivity contribution is 6.29. The van der Waals surface area contributed by atoms with Gasteiger partial charge in [0.2, 0.25) is 0 Å². The average Bonchev–Trinajstić information content (AvgIpc) is 2.39. The van der Waals surface area contributed by atoms with E-state index in [-0.39, 0.29) is 25.7 Å². The molecular weight excluding hydrogens is 302 g/mol. The molecule has 2 rings (SSSR count). The SMILES string of the molecule is O=C(O)c1ccnc(Cl)c1.OCc1ccnc(Cl)c1.[B]. The van der Waals surface area contributed by atoms with Gasteiger partial charge in [0, 0.05) is 20.8 Å². The van der Waals surface area contributed by atoms with E-state index in [2.05, 4.69) is 9.97 Å². The lowest BCUT2D eigenvalue weighted by Gasteiger charge is -1.92. The number of carboxylic acid groups (broad SMARTS) is 1. The Bertz CT molecular complexity index is 570. The van der Waals surface area contributed by atoms with Crippen molar-refractivity contribution in [2.75, 3.05) is 0 Å². The fourth-order valence-electron chi connectivity index (χ4n) is 1.08. The van der Waals surface area contributed by atoms with Gasteiger partial charge in [-0.15, -0.1) is 0 Å². The number of nitrogens with zero attached hydrogens (tertiary/aromatic N) is 2. The quantitative estimate of drug-likeness (QED) is 0.656. The zero-order valence-electron chi connectivity index (χ0n) is 10.2. The van der Waals surface area contributed by atoms with Gasteiger partial charge in [0.25, 0.3) is 0 Å². The Morgan fingerprint density at radius 3 is 2.00 bits per heavy atom. The number of aromatic nitrogens is 2. The summed E-state index contributed by atoms with van der Waals surface area (Å²) in [6, 6.07) is 6.02. The van der Waals surface area contributed by atoms with Crippen LogP contribution in [-0.2, 0) is 6.61 Å². The van der Waals surface area contributed by atoms with Crippen molar-refractivity contribution in [2.45, 2.75) is 6.61 Å². The second-order valence-corrected chi connectivity index (χ2v) is 4.09. The summed E-state index contributed by atoms with van der Waals surface area (Å²) in [6.45, 7) is 0.0161. The fourth-order valence-corrected chi connectivity index (χ4v) is 1.45. The van der Waals surface area contributed by atoms with E-state index in [1.54, 1.807) is 18.3 Å². The van der Waals surface area contributed by atoms with Gasteiger partial charge in [0.05, 0.1) is 12.2 Å². The smallest absolute Gasteiger partial charge is 0.335 e. The molecule has 2 N–H and O–H groups in total. The van der Waals surface area contributed by atoms with Gasteiger partial charge in [0.15, 0.2) is 0 Å². The first-order valence-electron chi connectivity index (χ1n) is 5.09. The van der Waals surface area contributed by atoms with E-state index < -0.39 is 5.97 Å². The van der Waals surface area contributed by atoms with Crippen molar-refractivity contribution in [3.63, 3.8) is 0 Å². The van der Waals surface area contributed by atoms with Crippen LogP contribution in [0.4, 0.5) is 0 Å². The molecule has 0 amide bonds. The molecule has 8 heteroatoms. The fraction of sp³-hybridized carbons (Fsp3) is 0.0833. The molecule has 2 heterocycles. The summed E-state index contributed by atoms with van der Waals surface area (Å²) in [5, 5.41) is 17.6. The zero-order valence-corrected chi connectivity index (χ0v) is 11.7. The number of hydrogen-bond acceptors (Lipinski definition) is 4. The van der Waals surface area contributed by atoms with Gasteiger partial charge in [-0.2, -0.15) is 0 Å². The molecule has 0 fully saturated rings. The summed E-state index contributed by atoms with van der Waals surface area (Å²) in [5.41, 5.74) is 0.940. The Morgan fingerprint density at radius 1 is 1.10 bits per heavy atom. The third-order valence-electron chi connectivity index (χ3n) is 1.95. The highest BCUT2D eigenvalue weighted by atomic mass is 35.5. The van der Waals surface area contributed by atoms with Crippen LogP contribution in [0.5, 0.6) is 0 Å². The molecular formula is C12H10BCl2N2O3. The molecule has 0 aromatic carbocycles. The Labute approximate surface area is 127 Å². The molecule has 0 spiro atoms. The number of rotatable bonds is 2. The minimum Gasteiger partial charge on any atom is -0.478 e.